The van der Waals surface area contributed by atoms with Crippen LogP contribution in [-0.4, -0.2) is 22.9 Å². The van der Waals surface area contributed by atoms with Crippen LogP contribution in [0, 0.1) is 18.0 Å². The van der Waals surface area contributed by atoms with Gasteiger partial charge in [0, 0.05) is 5.56 Å². The van der Waals surface area contributed by atoms with E-state index in [0.717, 1.165) is 16.7 Å². The molecule has 0 bridgehead atoms. The van der Waals surface area contributed by atoms with E-state index < -0.39 is 23.5 Å². The molecule has 0 saturated heterocycles. The molecule has 0 radical (unpaired) electrons. The van der Waals surface area contributed by atoms with Crippen LogP contribution >= 0.6 is 46.0 Å². The van der Waals surface area contributed by atoms with Gasteiger partial charge in [0.25, 0.3) is 0 Å². The number of rotatable bonds is 7. The van der Waals surface area contributed by atoms with Gasteiger partial charge in [-0.2, -0.15) is 0 Å². The van der Waals surface area contributed by atoms with Crippen molar-refractivity contribution in [3.8, 4) is 5.75 Å². The van der Waals surface area contributed by atoms with Crippen LogP contribution in [0.4, 0.5) is 0 Å². The van der Waals surface area contributed by atoms with E-state index in [2.05, 4.69) is 0 Å². The zero-order valence-corrected chi connectivity index (χ0v) is 21.8. The molecule has 8 nitrogen and oxygen atoms in total. The summed E-state index contributed by atoms with van der Waals surface area (Å²) in [5.41, 5.74) is 1.10. The molecule has 0 N–H and O–H groups in total. The number of carbonyl (C=O) groups is 2. The Bertz CT molecular complexity index is 725. The van der Waals surface area contributed by atoms with E-state index >= 15 is 0 Å². The van der Waals surface area contributed by atoms with Gasteiger partial charge in [0.2, 0.25) is 0 Å². The van der Waals surface area contributed by atoms with E-state index in [0.29, 0.717) is 5.75 Å². The first-order valence-corrected chi connectivity index (χ1v) is 10.6. The fourth-order valence-corrected chi connectivity index (χ4v) is 3.13. The van der Waals surface area contributed by atoms with Crippen LogP contribution < -0.4 is 4.84 Å². The lowest BCUT2D eigenvalue weighted by molar-refractivity contribution is -0.327. The van der Waals surface area contributed by atoms with E-state index in [4.69, 9.17) is 15.8 Å². The molecule has 0 saturated carbocycles. The van der Waals surface area contributed by atoms with Gasteiger partial charge in [-0.15, -0.1) is 0 Å². The van der Waals surface area contributed by atoms with Gasteiger partial charge >= 0.3 is 11.9 Å². The van der Waals surface area contributed by atoms with E-state index in [1.165, 1.54) is 46.0 Å². The molecule has 0 aliphatic rings. The van der Waals surface area contributed by atoms with Crippen LogP contribution in [0.3, 0.4) is 0 Å². The predicted molar refractivity (Wildman–Crippen MR) is 124 cm³/mol. The molecule has 1 rings (SSSR count). The van der Waals surface area contributed by atoms with Crippen molar-refractivity contribution in [2.24, 2.45) is 5.92 Å². The predicted octanol–water partition coefficient (Wildman–Crippen LogP) is 5.06. The maximum absolute atomic E-state index is 12.1. The molecule has 0 fully saturated rings. The molecule has 0 amide bonds. The van der Waals surface area contributed by atoms with Crippen molar-refractivity contribution in [1.29, 1.82) is 0 Å². The third-order valence-corrected chi connectivity index (χ3v) is 4.78. The number of halogens is 2. The highest BCUT2D eigenvalue weighted by Gasteiger charge is 2.31. The smallest absolute Gasteiger partial charge is 0.330 e. The average Bonchev–Trinajstić information content (AvgIpc) is 2.56. The molecule has 0 atom stereocenters. The van der Waals surface area contributed by atoms with Crippen molar-refractivity contribution in [1.82, 2.24) is 5.39 Å². The lowest BCUT2D eigenvalue weighted by atomic mass is 9.83. The van der Waals surface area contributed by atoms with Gasteiger partial charge in [-0.1, -0.05) is 32.2 Å². The topological polar surface area (TPSA) is 97.4 Å². The number of aryl methyl sites for hydroxylation is 1. The van der Waals surface area contributed by atoms with Crippen molar-refractivity contribution < 1.29 is 25.4 Å². The molecule has 1 aromatic rings. The van der Waals surface area contributed by atoms with Crippen molar-refractivity contribution in [3.05, 3.63) is 34.0 Å². The standard InChI is InChI=1S/C19H26I2NO7/c1-11-8-15(28-22(25)29-19(5,6)7)14(18(2,3)4)10-12(11)9-13(16(23)26-20)17(24)27-21/h8,10,13H,9H2,1-7H3/q-1. The summed E-state index contributed by atoms with van der Waals surface area (Å²) in [5, 5.41) is 12.2. The van der Waals surface area contributed by atoms with Crippen LogP contribution in [0.5, 0.6) is 5.75 Å². The van der Waals surface area contributed by atoms with Crippen LogP contribution in [0.25, 0.3) is 0 Å². The van der Waals surface area contributed by atoms with Crippen molar-refractivity contribution in [2.75, 3.05) is 0 Å². The maximum atomic E-state index is 12.1. The minimum absolute atomic E-state index is 0.0907. The minimum Gasteiger partial charge on any atom is -0.728 e. The molecular weight excluding hydrogens is 608 g/mol. The summed E-state index contributed by atoms with van der Waals surface area (Å²) >= 11 is 2.89. The molecule has 0 spiro atoms. The Balaban J connectivity index is 3.33. The fourth-order valence-electron chi connectivity index (χ4n) is 2.52. The number of carbonyl (C=O) groups excluding carboxylic acids is 2. The summed E-state index contributed by atoms with van der Waals surface area (Å²) in [7, 11) is 0. The average molecular weight is 634 g/mol. The highest BCUT2D eigenvalue weighted by molar-refractivity contribution is 14.1. The van der Waals surface area contributed by atoms with Crippen LogP contribution in [0.15, 0.2) is 12.1 Å². The number of hydrogen-bond acceptors (Lipinski definition) is 8. The highest BCUT2D eigenvalue weighted by Crippen LogP contribution is 2.35. The highest BCUT2D eigenvalue weighted by atomic mass is 127. The van der Waals surface area contributed by atoms with E-state index in [1.807, 2.05) is 26.8 Å². The van der Waals surface area contributed by atoms with Crippen LogP contribution in [0.2, 0.25) is 0 Å². The minimum atomic E-state index is -1.10. The Hall–Kier alpha value is -0.700. The molecule has 0 aliphatic carbocycles. The first kappa shape index (κ1) is 26.3. The first-order chi connectivity index (χ1) is 13.2. The lowest BCUT2D eigenvalue weighted by Crippen LogP contribution is -2.33. The second-order valence-electron chi connectivity index (χ2n) is 8.59. The van der Waals surface area contributed by atoms with E-state index in [9.17, 15) is 14.8 Å². The zero-order valence-electron chi connectivity index (χ0n) is 17.5. The lowest BCUT2D eigenvalue weighted by Gasteiger charge is -2.34. The van der Waals surface area contributed by atoms with E-state index in [-0.39, 0.29) is 17.2 Å². The quantitative estimate of drug-likeness (QED) is 0.234. The van der Waals surface area contributed by atoms with Crippen molar-refractivity contribution in [2.45, 2.75) is 65.9 Å². The molecule has 0 heterocycles. The maximum Gasteiger partial charge on any atom is 0.330 e. The van der Waals surface area contributed by atoms with Gasteiger partial charge in [-0.05, 0) is 56.7 Å². The summed E-state index contributed by atoms with van der Waals surface area (Å²) in [5.74, 6) is -2.13. The Morgan fingerprint density at radius 1 is 1.07 bits per heavy atom. The normalized spacial score (nSPS) is 12.3. The summed E-state index contributed by atoms with van der Waals surface area (Å²) in [6, 6.07) is 3.51. The Morgan fingerprint density at radius 3 is 2.00 bits per heavy atom. The van der Waals surface area contributed by atoms with Gasteiger partial charge in [0.1, 0.15) is 0 Å². The second kappa shape index (κ2) is 10.6. The molecule has 29 heavy (non-hydrogen) atoms. The van der Waals surface area contributed by atoms with Gasteiger partial charge in [-0.3, -0.25) is 14.4 Å². The summed E-state index contributed by atoms with van der Waals surface area (Å²) < 4.78 is 9.41. The second-order valence-corrected chi connectivity index (χ2v) is 9.47. The van der Waals surface area contributed by atoms with Gasteiger partial charge in [-0.25, -0.2) is 0 Å². The monoisotopic (exact) mass is 634 g/mol. The fraction of sp³-hybridized carbons (Fsp3) is 0.579. The SMILES string of the molecule is Cc1cc(ON([O-])OC(C)(C)C)c(C(C)(C)C)cc1CC(C(=O)OI)C(=O)OI. The van der Waals surface area contributed by atoms with Crippen LogP contribution in [-0.2, 0) is 32.4 Å². The molecule has 0 aromatic heterocycles. The third kappa shape index (κ3) is 8.15. The largest absolute Gasteiger partial charge is 0.728 e. The number of nitrogens with zero attached hydrogens (tertiary/aromatic N) is 1. The van der Waals surface area contributed by atoms with Crippen LogP contribution in [0.1, 0.15) is 58.2 Å². The Morgan fingerprint density at radius 2 is 1.59 bits per heavy atom. The van der Waals surface area contributed by atoms with Gasteiger partial charge in [0.15, 0.2) is 57.7 Å². The molecular formula is C19H26I2NO7-. The third-order valence-electron chi connectivity index (χ3n) is 3.91. The van der Waals surface area contributed by atoms with E-state index in [1.54, 1.807) is 33.8 Å². The summed E-state index contributed by atoms with van der Waals surface area (Å²) in [4.78, 5) is 34.6. The molecule has 0 unspecified atom stereocenters. The number of hydrogen-bond donors (Lipinski definition) is 0. The van der Waals surface area contributed by atoms with Gasteiger partial charge < -0.3 is 16.2 Å². The molecule has 0 aliphatic heterocycles. The van der Waals surface area contributed by atoms with Crippen molar-refractivity contribution in [3.63, 3.8) is 0 Å². The zero-order chi connectivity index (χ0) is 22.6. The Labute approximate surface area is 199 Å². The molecule has 164 valence electrons. The Kier molecular flexibility index (Phi) is 9.58. The van der Waals surface area contributed by atoms with Crippen molar-refractivity contribution >= 4 is 58.0 Å². The summed E-state index contributed by atoms with van der Waals surface area (Å²) in [6.07, 6.45) is 0.0957. The summed E-state index contributed by atoms with van der Waals surface area (Å²) in [6.45, 7) is 12.9. The van der Waals surface area contributed by atoms with Gasteiger partial charge in [0.05, 0.1) is 5.60 Å². The first-order valence-electron chi connectivity index (χ1n) is 8.82. The molecule has 10 heteroatoms. The number of benzene rings is 1. The molecule has 1 aromatic carbocycles.